The first-order chi connectivity index (χ1) is 15.6. The highest BCUT2D eigenvalue weighted by molar-refractivity contribution is 5.92. The number of pyridine rings is 1. The minimum absolute atomic E-state index is 0.390. The molecule has 2 aromatic carbocycles. The van der Waals surface area contributed by atoms with Crippen molar-refractivity contribution >= 4 is 28.4 Å². The molecule has 0 aliphatic carbocycles. The largest absolute Gasteiger partial charge is 0.449 e. The number of hydrogen-bond acceptors (Lipinski definition) is 5. The van der Waals surface area contributed by atoms with Crippen LogP contribution in [0.3, 0.4) is 0 Å². The summed E-state index contributed by atoms with van der Waals surface area (Å²) in [5.41, 5.74) is 5.40. The van der Waals surface area contributed by atoms with Crippen molar-refractivity contribution in [3.05, 3.63) is 65.9 Å². The second-order valence-corrected chi connectivity index (χ2v) is 8.34. The van der Waals surface area contributed by atoms with Crippen molar-refractivity contribution in [3.8, 4) is 0 Å². The van der Waals surface area contributed by atoms with Crippen LogP contribution in [0.15, 0.2) is 54.6 Å². The molecular weight excluding hydrogens is 400 g/mol. The maximum absolute atomic E-state index is 11.8. The van der Waals surface area contributed by atoms with Gasteiger partial charge in [-0.25, -0.2) is 4.79 Å². The van der Waals surface area contributed by atoms with E-state index >= 15 is 0 Å². The van der Waals surface area contributed by atoms with E-state index in [2.05, 4.69) is 56.5 Å². The molecule has 1 amide bonds. The molecule has 2 heterocycles. The maximum Gasteiger partial charge on any atom is 0.411 e. The molecule has 6 heteroatoms. The molecule has 0 spiro atoms. The van der Waals surface area contributed by atoms with Gasteiger partial charge in [-0.1, -0.05) is 25.1 Å². The van der Waals surface area contributed by atoms with Gasteiger partial charge in [0.05, 0.1) is 12.1 Å². The Morgan fingerprint density at radius 2 is 1.88 bits per heavy atom. The van der Waals surface area contributed by atoms with Crippen LogP contribution in [-0.4, -0.2) is 55.3 Å². The van der Waals surface area contributed by atoms with E-state index in [1.165, 1.54) is 16.6 Å². The summed E-state index contributed by atoms with van der Waals surface area (Å²) in [6, 6.07) is 18.7. The molecule has 4 rings (SSSR count). The Morgan fingerprint density at radius 1 is 1.06 bits per heavy atom. The lowest BCUT2D eigenvalue weighted by atomic mass is 10.1. The summed E-state index contributed by atoms with van der Waals surface area (Å²) >= 11 is 0. The van der Waals surface area contributed by atoms with E-state index in [1.807, 2.05) is 32.0 Å². The van der Waals surface area contributed by atoms with Gasteiger partial charge < -0.3 is 9.64 Å². The Balaban J connectivity index is 1.30. The number of rotatable bonds is 7. The molecule has 0 bridgehead atoms. The summed E-state index contributed by atoms with van der Waals surface area (Å²) in [4.78, 5) is 21.4. The molecule has 6 nitrogen and oxygen atoms in total. The zero-order valence-electron chi connectivity index (χ0n) is 19.0. The lowest BCUT2D eigenvalue weighted by Crippen LogP contribution is -2.47. The fourth-order valence-electron chi connectivity index (χ4n) is 4.17. The zero-order chi connectivity index (χ0) is 22.3. The molecule has 1 aliphatic rings. The highest BCUT2D eigenvalue weighted by Crippen LogP contribution is 2.27. The molecule has 0 unspecified atom stereocenters. The van der Waals surface area contributed by atoms with Crippen LogP contribution < -0.4 is 10.2 Å². The third kappa shape index (κ3) is 5.56. The number of fused-ring (bicyclic) bond motifs is 1. The summed E-state index contributed by atoms with van der Waals surface area (Å²) in [7, 11) is 0. The molecule has 1 fully saturated rings. The third-order valence-electron chi connectivity index (χ3n) is 5.89. The van der Waals surface area contributed by atoms with Crippen LogP contribution in [0.1, 0.15) is 24.6 Å². The van der Waals surface area contributed by atoms with Crippen LogP contribution in [0.5, 0.6) is 0 Å². The second-order valence-electron chi connectivity index (χ2n) is 8.34. The fourth-order valence-corrected chi connectivity index (χ4v) is 4.17. The van der Waals surface area contributed by atoms with Gasteiger partial charge in [0.1, 0.15) is 0 Å². The predicted molar refractivity (Wildman–Crippen MR) is 131 cm³/mol. The standard InChI is InChI=1S/C26H32N4O2/c1-3-18-32-26(31)28-22-7-4-6-21(19-22)12-13-29-14-16-30(17-15-29)25-9-5-8-24-23(25)11-10-20(2)27-24/h4-11,19H,3,12-18H2,1-2H3,(H,28,31). The Hall–Kier alpha value is -3.12. The zero-order valence-corrected chi connectivity index (χ0v) is 19.0. The Morgan fingerprint density at radius 3 is 2.69 bits per heavy atom. The number of aromatic nitrogens is 1. The van der Waals surface area contributed by atoms with Crippen molar-refractivity contribution in [2.45, 2.75) is 26.7 Å². The van der Waals surface area contributed by atoms with Gasteiger partial charge in [-0.3, -0.25) is 15.2 Å². The van der Waals surface area contributed by atoms with E-state index in [0.717, 1.165) is 62.5 Å². The Labute approximate surface area is 190 Å². The molecule has 0 radical (unpaired) electrons. The molecule has 1 aliphatic heterocycles. The molecule has 168 valence electrons. The first kappa shape index (κ1) is 22.1. The predicted octanol–water partition coefficient (Wildman–Crippen LogP) is 4.87. The van der Waals surface area contributed by atoms with E-state index in [1.54, 1.807) is 0 Å². The number of benzene rings is 2. The number of anilines is 2. The highest BCUT2D eigenvalue weighted by Gasteiger charge is 2.18. The van der Waals surface area contributed by atoms with E-state index in [0.29, 0.717) is 6.61 Å². The number of aryl methyl sites for hydroxylation is 1. The van der Waals surface area contributed by atoms with Crippen molar-refractivity contribution in [2.75, 3.05) is 49.5 Å². The smallest absolute Gasteiger partial charge is 0.411 e. The number of nitrogens with one attached hydrogen (secondary N) is 1. The number of hydrogen-bond donors (Lipinski definition) is 1. The van der Waals surface area contributed by atoms with Gasteiger partial charge in [-0.05, 0) is 61.7 Å². The van der Waals surface area contributed by atoms with Crippen LogP contribution in [-0.2, 0) is 11.2 Å². The second kappa shape index (κ2) is 10.5. The first-order valence-electron chi connectivity index (χ1n) is 11.5. The molecular formula is C26H32N4O2. The summed E-state index contributed by atoms with van der Waals surface area (Å²) in [5, 5.41) is 4.04. The highest BCUT2D eigenvalue weighted by atomic mass is 16.5. The molecule has 1 aromatic heterocycles. The topological polar surface area (TPSA) is 57.7 Å². The third-order valence-corrected chi connectivity index (χ3v) is 5.89. The van der Waals surface area contributed by atoms with Crippen molar-refractivity contribution in [1.82, 2.24) is 9.88 Å². The molecule has 32 heavy (non-hydrogen) atoms. The van der Waals surface area contributed by atoms with E-state index in [9.17, 15) is 4.79 Å². The van der Waals surface area contributed by atoms with E-state index in [-0.39, 0.29) is 6.09 Å². The molecule has 3 aromatic rings. The Kier molecular flexibility index (Phi) is 7.22. The number of carbonyl (C=O) groups is 1. The normalized spacial score (nSPS) is 14.5. The number of nitrogens with zero attached hydrogens (tertiary/aromatic N) is 3. The average molecular weight is 433 g/mol. The monoisotopic (exact) mass is 432 g/mol. The Bertz CT molecular complexity index is 1060. The average Bonchev–Trinajstić information content (AvgIpc) is 2.81. The van der Waals surface area contributed by atoms with Crippen molar-refractivity contribution in [3.63, 3.8) is 0 Å². The van der Waals surface area contributed by atoms with Gasteiger partial charge in [-0.2, -0.15) is 0 Å². The lowest BCUT2D eigenvalue weighted by Gasteiger charge is -2.36. The van der Waals surface area contributed by atoms with Gasteiger partial charge in [0.2, 0.25) is 0 Å². The minimum atomic E-state index is -0.390. The summed E-state index contributed by atoms with van der Waals surface area (Å²) < 4.78 is 5.10. The SMILES string of the molecule is CCCOC(=O)Nc1cccc(CCN2CCN(c3cccc4nc(C)ccc34)CC2)c1. The number of ether oxygens (including phenoxy) is 1. The van der Waals surface area contributed by atoms with Crippen LogP contribution in [0, 0.1) is 6.92 Å². The fraction of sp³-hybridized carbons (Fsp3) is 0.385. The lowest BCUT2D eigenvalue weighted by molar-refractivity contribution is 0.161. The van der Waals surface area contributed by atoms with Crippen molar-refractivity contribution in [1.29, 1.82) is 0 Å². The molecule has 1 N–H and O–H groups in total. The summed E-state index contributed by atoms with van der Waals surface area (Å²) in [6.07, 6.45) is 1.38. The van der Waals surface area contributed by atoms with Gasteiger partial charge in [0.15, 0.2) is 0 Å². The van der Waals surface area contributed by atoms with Gasteiger partial charge in [0.25, 0.3) is 0 Å². The molecule has 1 saturated heterocycles. The number of piperazine rings is 1. The number of carbonyl (C=O) groups excluding carboxylic acids is 1. The van der Waals surface area contributed by atoms with Crippen LogP contribution in [0.2, 0.25) is 0 Å². The molecule has 0 atom stereocenters. The van der Waals surface area contributed by atoms with Gasteiger partial charge >= 0.3 is 6.09 Å². The maximum atomic E-state index is 11.8. The first-order valence-corrected chi connectivity index (χ1v) is 11.5. The number of amides is 1. The van der Waals surface area contributed by atoms with Crippen LogP contribution in [0.4, 0.5) is 16.2 Å². The van der Waals surface area contributed by atoms with E-state index in [4.69, 9.17) is 4.74 Å². The summed E-state index contributed by atoms with van der Waals surface area (Å²) in [6.45, 7) is 9.56. The molecule has 0 saturated carbocycles. The van der Waals surface area contributed by atoms with Crippen molar-refractivity contribution in [2.24, 2.45) is 0 Å². The van der Waals surface area contributed by atoms with Crippen molar-refractivity contribution < 1.29 is 9.53 Å². The minimum Gasteiger partial charge on any atom is -0.449 e. The van der Waals surface area contributed by atoms with Gasteiger partial charge in [0, 0.05) is 55.2 Å². The van der Waals surface area contributed by atoms with E-state index < -0.39 is 0 Å². The van der Waals surface area contributed by atoms with Crippen LogP contribution in [0.25, 0.3) is 10.9 Å². The summed E-state index contributed by atoms with van der Waals surface area (Å²) in [5.74, 6) is 0. The van der Waals surface area contributed by atoms with Gasteiger partial charge in [-0.15, -0.1) is 0 Å². The quantitative estimate of drug-likeness (QED) is 0.577. The van der Waals surface area contributed by atoms with Crippen LogP contribution >= 0.6 is 0 Å².